The zero-order valence-corrected chi connectivity index (χ0v) is 25.2. The first kappa shape index (κ1) is 28.5. The van der Waals surface area contributed by atoms with E-state index in [1.165, 1.54) is 0 Å². The van der Waals surface area contributed by atoms with E-state index < -0.39 is 8.07 Å². The van der Waals surface area contributed by atoms with E-state index in [9.17, 15) is 0 Å². The molecule has 0 atom stereocenters. The minimum Gasteiger partial charge on any atom is -0.393 e. The zero-order chi connectivity index (χ0) is 28.0. The predicted molar refractivity (Wildman–Crippen MR) is 163 cm³/mol. The lowest BCUT2D eigenvalue weighted by Crippen LogP contribution is -2.26. The van der Waals surface area contributed by atoms with E-state index in [0.29, 0.717) is 41.7 Å². The summed E-state index contributed by atoms with van der Waals surface area (Å²) >= 11 is 1.55. The largest absolute Gasteiger partial charge is 0.393 e. The van der Waals surface area contributed by atoms with Gasteiger partial charge in [0, 0.05) is 57.4 Å². The summed E-state index contributed by atoms with van der Waals surface area (Å²) in [6, 6.07) is 12.5. The van der Waals surface area contributed by atoms with Crippen LogP contribution in [0.2, 0.25) is 25.7 Å². The fourth-order valence-corrected chi connectivity index (χ4v) is 5.31. The summed E-state index contributed by atoms with van der Waals surface area (Å²) < 4.78 is 6.13. The van der Waals surface area contributed by atoms with E-state index in [2.05, 4.69) is 59.0 Å². The molecule has 4 aromatic heterocycles. The Kier molecular flexibility index (Phi) is 9.15. The first-order valence-electron chi connectivity index (χ1n) is 13.0. The van der Waals surface area contributed by atoms with Crippen molar-refractivity contribution in [2.24, 2.45) is 0 Å². The van der Waals surface area contributed by atoms with Gasteiger partial charge in [-0.25, -0.2) is 4.98 Å². The van der Waals surface area contributed by atoms with Crippen LogP contribution in [0.3, 0.4) is 0 Å². The van der Waals surface area contributed by atoms with Crippen LogP contribution >= 0.6 is 11.3 Å². The number of rotatable bonds is 12. The molecule has 0 saturated carbocycles. The highest BCUT2D eigenvalue weighted by atomic mass is 32.1. The van der Waals surface area contributed by atoms with E-state index >= 15 is 0 Å². The van der Waals surface area contributed by atoms with Crippen LogP contribution in [-0.4, -0.2) is 59.3 Å². The molecule has 0 spiro atoms. The van der Waals surface area contributed by atoms with Gasteiger partial charge in [0.25, 0.3) is 0 Å². The molecule has 2 N–H and O–H groups in total. The number of fused-ring (bicyclic) bond motifs is 1. The molecule has 204 valence electrons. The van der Waals surface area contributed by atoms with Gasteiger partial charge in [0.1, 0.15) is 17.6 Å². The Morgan fingerprint density at radius 3 is 2.62 bits per heavy atom. The molecule has 0 aliphatic carbocycles. The fraction of sp³-hybridized carbons (Fsp3) is 0.357. The Morgan fingerprint density at radius 1 is 1.13 bits per heavy atom. The average Bonchev–Trinajstić information content (AvgIpc) is 3.41. The predicted octanol–water partition coefficient (Wildman–Crippen LogP) is 6.08. The molecule has 0 amide bonds. The van der Waals surface area contributed by atoms with Gasteiger partial charge in [-0.2, -0.15) is 0 Å². The molecule has 0 aliphatic heterocycles. The van der Waals surface area contributed by atoms with Crippen LogP contribution in [0.25, 0.3) is 16.6 Å². The summed E-state index contributed by atoms with van der Waals surface area (Å²) in [7, 11) is 0.592. The second kappa shape index (κ2) is 12.5. The Bertz CT molecular complexity index is 1450. The van der Waals surface area contributed by atoms with Crippen molar-refractivity contribution >= 4 is 52.7 Å². The van der Waals surface area contributed by atoms with Gasteiger partial charge >= 0.3 is 0 Å². The number of ether oxygens (including phenoxy) is 1. The Morgan fingerprint density at radius 2 is 1.95 bits per heavy atom. The monoisotopic (exact) mass is 560 g/mol. The van der Waals surface area contributed by atoms with Gasteiger partial charge in [-0.05, 0) is 36.4 Å². The van der Waals surface area contributed by atoms with Crippen LogP contribution in [0.15, 0.2) is 55.0 Å². The van der Waals surface area contributed by atoms with Gasteiger partial charge in [-0.1, -0.05) is 50.9 Å². The number of hydrogen-bond donors (Lipinski definition) is 2. The number of pyridine rings is 3. The maximum absolute atomic E-state index is 8.78. The summed E-state index contributed by atoms with van der Waals surface area (Å²) in [6.07, 6.45) is 5.24. The zero-order valence-electron chi connectivity index (χ0n) is 23.4. The smallest absolute Gasteiger partial charge is 0.215 e. The molecule has 39 heavy (non-hydrogen) atoms. The highest BCUT2D eigenvalue weighted by Crippen LogP contribution is 2.31. The topological polar surface area (TPSA) is 113 Å². The lowest BCUT2D eigenvalue weighted by Gasteiger charge is -2.22. The molecular weight excluding hydrogens is 525 g/mol. The van der Waals surface area contributed by atoms with Crippen molar-refractivity contribution in [1.29, 1.82) is 5.41 Å². The summed E-state index contributed by atoms with van der Waals surface area (Å²) in [5.74, 6) is 0.994. The number of nitrogens with zero attached hydrogens (tertiary/aromatic N) is 6. The Hall–Kier alpha value is -3.54. The van der Waals surface area contributed by atoms with Crippen LogP contribution in [-0.2, 0) is 4.74 Å². The van der Waals surface area contributed by atoms with Crippen molar-refractivity contribution in [3.05, 3.63) is 71.3 Å². The second-order valence-corrected chi connectivity index (χ2v) is 17.3. The number of allylic oxidation sites excluding steroid dienone is 1. The second-order valence-electron chi connectivity index (χ2n) is 10.7. The minimum absolute atomic E-state index is 0.286. The first-order chi connectivity index (χ1) is 18.7. The molecule has 4 aromatic rings. The number of anilines is 2. The minimum atomic E-state index is -1.22. The van der Waals surface area contributed by atoms with E-state index in [0.717, 1.165) is 27.3 Å². The molecule has 0 bridgehead atoms. The fourth-order valence-electron chi connectivity index (χ4n) is 3.71. The highest BCUT2D eigenvalue weighted by Gasteiger charge is 2.20. The molecule has 9 nitrogen and oxygen atoms in total. The maximum atomic E-state index is 8.78. The lowest BCUT2D eigenvalue weighted by atomic mass is 10.0. The molecule has 0 saturated heterocycles. The van der Waals surface area contributed by atoms with Crippen LogP contribution < -0.4 is 10.2 Å². The molecule has 0 radical (unpaired) electrons. The van der Waals surface area contributed by atoms with Crippen molar-refractivity contribution in [2.45, 2.75) is 45.5 Å². The average molecular weight is 561 g/mol. The van der Waals surface area contributed by atoms with E-state index in [4.69, 9.17) is 15.1 Å². The van der Waals surface area contributed by atoms with Gasteiger partial charge in [0.15, 0.2) is 0 Å². The number of nitrogens with one attached hydrogen (secondary N) is 2. The third-order valence-corrected chi connectivity index (χ3v) is 8.91. The molecule has 0 aromatic carbocycles. The third kappa shape index (κ3) is 7.31. The molecule has 0 aliphatic rings. The van der Waals surface area contributed by atoms with Crippen LogP contribution in [0, 0.1) is 5.41 Å². The molecule has 0 fully saturated rings. The first-order valence-corrected chi connectivity index (χ1v) is 17.5. The van der Waals surface area contributed by atoms with Gasteiger partial charge in [-0.15, -0.1) is 10.2 Å². The van der Waals surface area contributed by atoms with Crippen molar-refractivity contribution in [3.8, 4) is 0 Å². The maximum Gasteiger partial charge on any atom is 0.215 e. The lowest BCUT2D eigenvalue weighted by molar-refractivity contribution is 0.153. The Labute approximate surface area is 234 Å². The van der Waals surface area contributed by atoms with Crippen LogP contribution in [0.5, 0.6) is 0 Å². The molecular formula is C28H36N8OSSi. The summed E-state index contributed by atoms with van der Waals surface area (Å²) in [5, 5.41) is 22.4. The summed E-state index contributed by atoms with van der Waals surface area (Å²) in [4.78, 5) is 15.9. The third-order valence-electron chi connectivity index (χ3n) is 5.96. The van der Waals surface area contributed by atoms with Crippen LogP contribution in [0.4, 0.5) is 10.9 Å². The van der Waals surface area contributed by atoms with Crippen molar-refractivity contribution < 1.29 is 4.74 Å². The van der Waals surface area contributed by atoms with Gasteiger partial charge < -0.3 is 10.1 Å². The molecule has 11 heteroatoms. The molecule has 0 unspecified atom stereocenters. The van der Waals surface area contributed by atoms with E-state index in [1.807, 2.05) is 48.3 Å². The van der Waals surface area contributed by atoms with Gasteiger partial charge in [-0.3, -0.25) is 20.3 Å². The number of hydrogen-bond acceptors (Lipinski definition) is 10. The van der Waals surface area contributed by atoms with E-state index in [1.54, 1.807) is 29.9 Å². The normalized spacial score (nSPS) is 12.2. The van der Waals surface area contributed by atoms with Gasteiger partial charge in [0.05, 0.1) is 22.4 Å². The summed E-state index contributed by atoms with van der Waals surface area (Å²) in [5.41, 5.74) is 3.80. The standard InChI is InChI=1S/C28H36N8OSSi/c1-19(2)27-34-35-28(38-27)36(18-37-13-14-39(4,5)6)25-11-10-22-24(33-25)15-20(16-32-22)21(17-30-3)26(29)23-9-7-8-12-31-23/h7-12,15-17,19,29-30H,13-14,18H2,1-6H3/b21-17-,29-26?. The van der Waals surface area contributed by atoms with E-state index in [-0.39, 0.29) is 5.92 Å². The highest BCUT2D eigenvalue weighted by molar-refractivity contribution is 7.15. The SMILES string of the molecule is CN/C=C(\C(=N)c1ccccn1)c1cnc2ccc(N(COCC[Si](C)(C)C)c3nnc(C(C)C)s3)nc2c1. The number of aromatic nitrogens is 5. The van der Waals surface area contributed by atoms with Crippen LogP contribution in [0.1, 0.15) is 36.0 Å². The summed E-state index contributed by atoms with van der Waals surface area (Å²) in [6.45, 7) is 12.3. The quantitative estimate of drug-likeness (QED) is 0.0928. The molecule has 4 rings (SSSR count). The van der Waals surface area contributed by atoms with Crippen molar-refractivity contribution in [3.63, 3.8) is 0 Å². The van der Waals surface area contributed by atoms with Crippen molar-refractivity contribution in [1.82, 2.24) is 30.5 Å². The van der Waals surface area contributed by atoms with Gasteiger partial charge in [0.2, 0.25) is 5.13 Å². The molecule has 4 heterocycles. The Balaban J connectivity index is 1.69. The van der Waals surface area contributed by atoms with Crippen molar-refractivity contribution in [2.75, 3.05) is 25.3 Å².